The highest BCUT2D eigenvalue weighted by Crippen LogP contribution is 2.34. The fourth-order valence-corrected chi connectivity index (χ4v) is 2.42. The Kier molecular flexibility index (Phi) is 3.79. The molecule has 0 aromatic rings. The minimum Gasteiger partial charge on any atom is -0.465 e. The lowest BCUT2D eigenvalue weighted by molar-refractivity contribution is -0.147. The van der Waals surface area contributed by atoms with Gasteiger partial charge in [-0.3, -0.25) is 4.79 Å². The lowest BCUT2D eigenvalue weighted by Gasteiger charge is -2.35. The maximum absolute atomic E-state index is 11.7. The Morgan fingerprint density at radius 3 is 2.73 bits per heavy atom. The van der Waals surface area contributed by atoms with Gasteiger partial charge in [0, 0.05) is 5.54 Å². The quantitative estimate of drug-likeness (QED) is 0.559. The van der Waals surface area contributed by atoms with Crippen LogP contribution in [-0.2, 0) is 9.53 Å². The molecule has 0 aliphatic carbocycles. The number of ether oxygens (including phenoxy) is 1. The number of carbonyl (C=O) groups excluding carboxylic acids is 1. The first-order valence-electron chi connectivity index (χ1n) is 5.53. The highest BCUT2D eigenvalue weighted by molar-refractivity contribution is 6.46. The van der Waals surface area contributed by atoms with E-state index in [0.717, 1.165) is 12.8 Å². The maximum Gasteiger partial charge on any atom is 0.377 e. The van der Waals surface area contributed by atoms with Crippen LogP contribution in [0.15, 0.2) is 0 Å². The van der Waals surface area contributed by atoms with Crippen molar-refractivity contribution in [3.63, 3.8) is 0 Å². The van der Waals surface area contributed by atoms with Gasteiger partial charge in [-0.2, -0.15) is 0 Å². The summed E-state index contributed by atoms with van der Waals surface area (Å²) in [5, 5.41) is 9.69. The van der Waals surface area contributed by atoms with Gasteiger partial charge < -0.3 is 14.6 Å². The van der Waals surface area contributed by atoms with Gasteiger partial charge in [0.15, 0.2) is 0 Å². The Balaban J connectivity index is 2.78. The summed E-state index contributed by atoms with van der Waals surface area (Å²) in [5.41, 5.74) is -0.133. The second kappa shape index (κ2) is 4.53. The van der Waals surface area contributed by atoms with Crippen molar-refractivity contribution in [3.05, 3.63) is 0 Å². The number of carbonyl (C=O) groups is 1. The van der Waals surface area contributed by atoms with E-state index in [-0.39, 0.29) is 17.6 Å². The predicted molar refractivity (Wildman–Crippen MR) is 59.4 cm³/mol. The van der Waals surface area contributed by atoms with Crippen LogP contribution in [0.3, 0.4) is 0 Å². The van der Waals surface area contributed by atoms with Crippen molar-refractivity contribution in [3.8, 4) is 0 Å². The smallest absolute Gasteiger partial charge is 0.377 e. The molecule has 1 heterocycles. The second-order valence-electron chi connectivity index (χ2n) is 4.66. The summed E-state index contributed by atoms with van der Waals surface area (Å²) in [6.07, 6.45) is 1.66. The summed E-state index contributed by atoms with van der Waals surface area (Å²) in [6.45, 7) is 7.96. The van der Waals surface area contributed by atoms with Crippen molar-refractivity contribution >= 4 is 13.0 Å². The summed E-state index contributed by atoms with van der Waals surface area (Å²) in [7, 11) is -0.614. The van der Waals surface area contributed by atoms with E-state index in [9.17, 15) is 9.82 Å². The summed E-state index contributed by atoms with van der Waals surface area (Å²) in [6, 6.07) is -0.292. The van der Waals surface area contributed by atoms with Gasteiger partial charge in [0.05, 0.1) is 6.61 Å². The van der Waals surface area contributed by atoms with E-state index < -0.39 is 7.05 Å². The topological polar surface area (TPSA) is 49.8 Å². The molecule has 1 unspecified atom stereocenters. The van der Waals surface area contributed by atoms with Crippen molar-refractivity contribution in [2.45, 2.75) is 52.0 Å². The largest absolute Gasteiger partial charge is 0.465 e. The lowest BCUT2D eigenvalue weighted by atomic mass is 9.79. The number of esters is 1. The number of nitrogens with zero attached hydrogens (tertiary/aromatic N) is 1. The Labute approximate surface area is 91.7 Å². The average Bonchev–Trinajstić information content (AvgIpc) is 2.41. The first-order valence-corrected chi connectivity index (χ1v) is 5.53. The molecule has 1 aliphatic rings. The van der Waals surface area contributed by atoms with E-state index in [2.05, 4.69) is 0 Å². The van der Waals surface area contributed by atoms with Crippen molar-refractivity contribution in [1.29, 1.82) is 0 Å². The molecule has 5 heteroatoms. The normalized spacial score (nSPS) is 25.3. The molecule has 0 aromatic carbocycles. The van der Waals surface area contributed by atoms with Crippen LogP contribution in [-0.4, -0.2) is 41.0 Å². The SMILES string of the molecule is CCOC(=O)C1CCC(C)(C)N1B(C)O. The molecule has 0 aromatic heterocycles. The Hall–Kier alpha value is -0.545. The van der Waals surface area contributed by atoms with E-state index in [4.69, 9.17) is 4.74 Å². The summed E-state index contributed by atoms with van der Waals surface area (Å²) >= 11 is 0. The van der Waals surface area contributed by atoms with Crippen molar-refractivity contribution < 1.29 is 14.6 Å². The van der Waals surface area contributed by atoms with E-state index in [1.807, 2.05) is 18.7 Å². The molecule has 1 N–H and O–H groups in total. The Bertz CT molecular complexity index is 243. The molecule has 0 saturated carbocycles. The van der Waals surface area contributed by atoms with Gasteiger partial charge in [0.2, 0.25) is 0 Å². The first kappa shape index (κ1) is 12.5. The van der Waals surface area contributed by atoms with Gasteiger partial charge in [-0.1, -0.05) is 0 Å². The highest BCUT2D eigenvalue weighted by atomic mass is 16.5. The van der Waals surface area contributed by atoms with Gasteiger partial charge in [0.1, 0.15) is 6.04 Å². The molecule has 1 rings (SSSR count). The zero-order valence-corrected chi connectivity index (χ0v) is 9.99. The van der Waals surface area contributed by atoms with Crippen LogP contribution < -0.4 is 0 Å². The monoisotopic (exact) mass is 213 g/mol. The maximum atomic E-state index is 11.7. The van der Waals surface area contributed by atoms with E-state index in [1.54, 1.807) is 13.7 Å². The van der Waals surface area contributed by atoms with Gasteiger partial charge in [-0.05, 0) is 40.4 Å². The van der Waals surface area contributed by atoms with Gasteiger partial charge in [-0.15, -0.1) is 0 Å². The fourth-order valence-electron chi connectivity index (χ4n) is 2.42. The van der Waals surface area contributed by atoms with Crippen molar-refractivity contribution in [1.82, 2.24) is 4.81 Å². The summed E-state index contributed by atoms with van der Waals surface area (Å²) in [5.74, 6) is -0.219. The summed E-state index contributed by atoms with van der Waals surface area (Å²) < 4.78 is 5.01. The van der Waals surface area contributed by atoms with Crippen LogP contribution in [0.2, 0.25) is 6.82 Å². The zero-order chi connectivity index (χ0) is 11.6. The molecule has 1 saturated heterocycles. The second-order valence-corrected chi connectivity index (χ2v) is 4.66. The third kappa shape index (κ3) is 2.52. The molecule has 86 valence electrons. The van der Waals surface area contributed by atoms with Crippen LogP contribution in [0.25, 0.3) is 0 Å². The third-order valence-corrected chi connectivity index (χ3v) is 3.03. The zero-order valence-electron chi connectivity index (χ0n) is 9.99. The van der Waals surface area contributed by atoms with E-state index in [0.29, 0.717) is 6.61 Å². The van der Waals surface area contributed by atoms with Gasteiger partial charge >= 0.3 is 13.0 Å². The van der Waals surface area contributed by atoms with Gasteiger partial charge in [-0.25, -0.2) is 0 Å². The predicted octanol–water partition coefficient (Wildman–Crippen LogP) is 0.903. The first-order chi connectivity index (χ1) is 6.90. The molecule has 4 nitrogen and oxygen atoms in total. The van der Waals surface area contributed by atoms with Crippen LogP contribution in [0.1, 0.15) is 33.6 Å². The van der Waals surface area contributed by atoms with Crippen LogP contribution in [0.5, 0.6) is 0 Å². The number of hydrogen-bond acceptors (Lipinski definition) is 4. The van der Waals surface area contributed by atoms with E-state index in [1.165, 1.54) is 0 Å². The van der Waals surface area contributed by atoms with Crippen LogP contribution >= 0.6 is 0 Å². The fraction of sp³-hybridized carbons (Fsp3) is 0.900. The average molecular weight is 213 g/mol. The number of rotatable bonds is 3. The molecule has 1 fully saturated rings. The minimum absolute atomic E-state index is 0.133. The molecule has 0 bridgehead atoms. The molecule has 0 spiro atoms. The van der Waals surface area contributed by atoms with Gasteiger partial charge in [0.25, 0.3) is 0 Å². The molecular weight excluding hydrogens is 193 g/mol. The van der Waals surface area contributed by atoms with Crippen molar-refractivity contribution in [2.75, 3.05) is 6.61 Å². The van der Waals surface area contributed by atoms with E-state index >= 15 is 0 Å². The molecule has 0 amide bonds. The molecule has 15 heavy (non-hydrogen) atoms. The van der Waals surface area contributed by atoms with Crippen LogP contribution in [0.4, 0.5) is 0 Å². The third-order valence-electron chi connectivity index (χ3n) is 3.03. The molecular formula is C10H20BNO3. The van der Waals surface area contributed by atoms with Crippen LogP contribution in [0, 0.1) is 0 Å². The molecule has 0 radical (unpaired) electrons. The molecule has 1 atom stereocenters. The minimum atomic E-state index is -0.614. The highest BCUT2D eigenvalue weighted by Gasteiger charge is 2.46. The van der Waals surface area contributed by atoms with Crippen molar-refractivity contribution in [2.24, 2.45) is 0 Å². The number of hydrogen-bond donors (Lipinski definition) is 1. The molecule has 1 aliphatic heterocycles. The summed E-state index contributed by atoms with van der Waals surface area (Å²) in [4.78, 5) is 13.5. The Morgan fingerprint density at radius 2 is 2.27 bits per heavy atom. The Morgan fingerprint density at radius 1 is 1.67 bits per heavy atom. The standard InChI is InChI=1S/C10H20BNO3/c1-5-15-9(13)8-6-7-10(2,3)12(8)11(4)14/h8,14H,5-7H2,1-4H3. The lowest BCUT2D eigenvalue weighted by Crippen LogP contribution is -2.53.